The third-order valence-corrected chi connectivity index (χ3v) is 5.44. The molecule has 2 atom stereocenters. The van der Waals surface area contributed by atoms with Crippen LogP contribution >= 0.6 is 0 Å². The van der Waals surface area contributed by atoms with Gasteiger partial charge in [-0.25, -0.2) is 4.79 Å². The molecule has 0 aromatic carbocycles. The van der Waals surface area contributed by atoms with Gasteiger partial charge in [-0.1, -0.05) is 6.92 Å². The fourth-order valence-electron chi connectivity index (χ4n) is 3.79. The van der Waals surface area contributed by atoms with E-state index in [-0.39, 0.29) is 11.9 Å². The lowest BCUT2D eigenvalue weighted by atomic mass is 9.93. The van der Waals surface area contributed by atoms with E-state index in [0.29, 0.717) is 12.5 Å². The molecule has 0 bridgehead atoms. The molecule has 0 saturated carbocycles. The number of nitrogens with one attached hydrogen (secondary N) is 2. The molecule has 2 N–H and O–H groups in total. The highest BCUT2D eigenvalue weighted by atomic mass is 16.2. The number of carbonyl (C=O) groups excluding carboxylic acids is 2. The molecule has 0 aromatic rings. The monoisotopic (exact) mass is 338 g/mol. The number of piperidine rings is 2. The van der Waals surface area contributed by atoms with Crippen molar-refractivity contribution in [3.63, 3.8) is 0 Å². The van der Waals surface area contributed by atoms with E-state index in [4.69, 9.17) is 0 Å². The number of imide groups is 1. The van der Waals surface area contributed by atoms with Crippen LogP contribution in [0.15, 0.2) is 0 Å². The molecule has 2 heterocycles. The largest absolute Gasteiger partial charge is 0.338 e. The normalized spacial score (nSPS) is 25.2. The quantitative estimate of drug-likeness (QED) is 0.800. The van der Waals surface area contributed by atoms with Crippen LogP contribution in [0.2, 0.25) is 0 Å². The maximum absolute atomic E-state index is 12.2. The first kappa shape index (κ1) is 19.2. The highest BCUT2D eigenvalue weighted by Crippen LogP contribution is 2.22. The second-order valence-electron chi connectivity index (χ2n) is 7.51. The highest BCUT2D eigenvalue weighted by molar-refractivity contribution is 5.96. The van der Waals surface area contributed by atoms with Gasteiger partial charge in [-0.15, -0.1) is 0 Å². The van der Waals surface area contributed by atoms with E-state index in [0.717, 1.165) is 32.0 Å². The van der Waals surface area contributed by atoms with Crippen LogP contribution < -0.4 is 10.6 Å². The number of hydrogen-bond acceptors (Lipinski definition) is 4. The van der Waals surface area contributed by atoms with Crippen LogP contribution in [0.4, 0.5) is 4.79 Å². The maximum atomic E-state index is 12.2. The van der Waals surface area contributed by atoms with Crippen LogP contribution in [-0.2, 0) is 4.79 Å². The second-order valence-corrected chi connectivity index (χ2v) is 7.51. The average Bonchev–Trinajstić information content (AvgIpc) is 2.56. The minimum atomic E-state index is -0.398. The molecule has 0 unspecified atom stereocenters. The smallest absolute Gasteiger partial charge is 0.321 e. The van der Waals surface area contributed by atoms with Crippen LogP contribution in [0.5, 0.6) is 0 Å². The minimum Gasteiger partial charge on any atom is -0.338 e. The summed E-state index contributed by atoms with van der Waals surface area (Å²) in [5, 5.41) is 5.04. The Kier molecular flexibility index (Phi) is 7.49. The van der Waals surface area contributed by atoms with Gasteiger partial charge in [0.15, 0.2) is 0 Å². The summed E-state index contributed by atoms with van der Waals surface area (Å²) in [5.41, 5.74) is 0. The van der Waals surface area contributed by atoms with Crippen molar-refractivity contribution < 1.29 is 9.59 Å². The van der Waals surface area contributed by atoms with Gasteiger partial charge in [-0.2, -0.15) is 0 Å². The van der Waals surface area contributed by atoms with Crippen LogP contribution in [-0.4, -0.2) is 67.0 Å². The molecule has 0 radical (unpaired) electrons. The molecule has 6 nitrogen and oxygen atoms in total. The number of rotatable bonds is 5. The first-order valence-electron chi connectivity index (χ1n) is 9.54. The summed E-state index contributed by atoms with van der Waals surface area (Å²) in [5.74, 6) is 1.29. The van der Waals surface area contributed by atoms with E-state index in [1.54, 1.807) is 0 Å². The molecule has 24 heavy (non-hydrogen) atoms. The summed E-state index contributed by atoms with van der Waals surface area (Å²) < 4.78 is 0. The van der Waals surface area contributed by atoms with Gasteiger partial charge in [-0.3, -0.25) is 15.0 Å². The Morgan fingerprint density at radius 2 is 1.88 bits per heavy atom. The summed E-state index contributed by atoms with van der Waals surface area (Å²) >= 11 is 0. The van der Waals surface area contributed by atoms with Crippen molar-refractivity contribution in [3.05, 3.63) is 0 Å². The highest BCUT2D eigenvalue weighted by Gasteiger charge is 2.29. The summed E-state index contributed by atoms with van der Waals surface area (Å²) in [7, 11) is 0. The number of hydrogen-bond donors (Lipinski definition) is 2. The molecule has 6 heteroatoms. The third kappa shape index (κ3) is 5.74. The molecular weight excluding hydrogens is 304 g/mol. The molecule has 0 aromatic heterocycles. The molecule has 0 spiro atoms. The third-order valence-electron chi connectivity index (χ3n) is 5.44. The zero-order valence-electron chi connectivity index (χ0n) is 15.5. The Morgan fingerprint density at radius 3 is 2.54 bits per heavy atom. The predicted octanol–water partition coefficient (Wildman–Crippen LogP) is 1.66. The molecule has 2 aliphatic rings. The Balaban J connectivity index is 1.79. The lowest BCUT2D eigenvalue weighted by Gasteiger charge is -2.39. The molecule has 2 rings (SSSR count). The Bertz CT molecular complexity index is 421. The van der Waals surface area contributed by atoms with Gasteiger partial charge in [0.1, 0.15) is 0 Å². The Morgan fingerprint density at radius 1 is 1.17 bits per heavy atom. The van der Waals surface area contributed by atoms with Gasteiger partial charge in [0.25, 0.3) is 0 Å². The standard InChI is InChI=1S/C18H34N4O2/c1-4-19-18(24)20-17(23)15(3)22-9-5-6-16(13-22)12-21-10-7-14(2)8-11-21/h14-16H,4-13H2,1-3H3,(H2,19,20,23,24)/t15-,16-/m0/s1. The second kappa shape index (κ2) is 9.37. The van der Waals surface area contributed by atoms with E-state index in [2.05, 4.69) is 27.4 Å². The van der Waals surface area contributed by atoms with Crippen molar-refractivity contribution in [1.82, 2.24) is 20.4 Å². The maximum Gasteiger partial charge on any atom is 0.321 e. The molecule has 2 aliphatic heterocycles. The number of amides is 3. The molecule has 3 amide bonds. The summed E-state index contributed by atoms with van der Waals surface area (Å²) in [6.45, 7) is 12.1. The van der Waals surface area contributed by atoms with Gasteiger partial charge in [0.05, 0.1) is 6.04 Å². The van der Waals surface area contributed by atoms with Crippen molar-refractivity contribution in [2.24, 2.45) is 11.8 Å². The number of urea groups is 1. The Hall–Kier alpha value is -1.14. The van der Waals surface area contributed by atoms with Gasteiger partial charge in [-0.05, 0) is 71.0 Å². The van der Waals surface area contributed by atoms with Crippen molar-refractivity contribution in [1.29, 1.82) is 0 Å². The first-order chi connectivity index (χ1) is 11.5. The van der Waals surface area contributed by atoms with E-state index >= 15 is 0 Å². The number of likely N-dealkylation sites (tertiary alicyclic amines) is 2. The topological polar surface area (TPSA) is 64.7 Å². The van der Waals surface area contributed by atoms with Crippen LogP contribution in [0.25, 0.3) is 0 Å². The van der Waals surface area contributed by atoms with Gasteiger partial charge >= 0.3 is 6.03 Å². The van der Waals surface area contributed by atoms with Gasteiger partial charge < -0.3 is 10.2 Å². The SMILES string of the molecule is CCNC(=O)NC(=O)[C@H](C)N1CCC[C@@H](CN2CCC(C)CC2)C1. The summed E-state index contributed by atoms with van der Waals surface area (Å²) in [4.78, 5) is 28.6. The zero-order chi connectivity index (χ0) is 17.5. The predicted molar refractivity (Wildman–Crippen MR) is 95.8 cm³/mol. The fraction of sp³-hybridized carbons (Fsp3) is 0.889. The van der Waals surface area contributed by atoms with E-state index in [1.807, 2.05) is 13.8 Å². The van der Waals surface area contributed by atoms with Gasteiger partial charge in [0.2, 0.25) is 5.91 Å². The molecule has 2 fully saturated rings. The van der Waals surface area contributed by atoms with Crippen LogP contribution in [0, 0.1) is 11.8 Å². The lowest BCUT2D eigenvalue weighted by molar-refractivity contribution is -0.125. The Labute approximate surface area is 146 Å². The van der Waals surface area contributed by atoms with Crippen molar-refractivity contribution in [2.45, 2.75) is 52.5 Å². The van der Waals surface area contributed by atoms with Crippen molar-refractivity contribution in [3.8, 4) is 0 Å². The molecular formula is C18H34N4O2. The van der Waals surface area contributed by atoms with E-state index < -0.39 is 6.03 Å². The molecule has 0 aliphatic carbocycles. The minimum absolute atomic E-state index is 0.201. The number of nitrogens with zero attached hydrogens (tertiary/aromatic N) is 2. The van der Waals surface area contributed by atoms with Crippen LogP contribution in [0.1, 0.15) is 46.5 Å². The van der Waals surface area contributed by atoms with Gasteiger partial charge in [0, 0.05) is 19.6 Å². The molecule has 138 valence electrons. The van der Waals surface area contributed by atoms with Crippen molar-refractivity contribution >= 4 is 11.9 Å². The fourth-order valence-corrected chi connectivity index (χ4v) is 3.79. The molecule has 2 saturated heterocycles. The summed E-state index contributed by atoms with van der Waals surface area (Å²) in [6.07, 6.45) is 4.99. The van der Waals surface area contributed by atoms with E-state index in [1.165, 1.54) is 32.4 Å². The zero-order valence-corrected chi connectivity index (χ0v) is 15.5. The first-order valence-corrected chi connectivity index (χ1v) is 9.54. The average molecular weight is 338 g/mol. The number of carbonyl (C=O) groups is 2. The van der Waals surface area contributed by atoms with Crippen molar-refractivity contribution in [2.75, 3.05) is 39.3 Å². The summed E-state index contributed by atoms with van der Waals surface area (Å²) in [6, 6.07) is -0.651. The van der Waals surface area contributed by atoms with E-state index in [9.17, 15) is 9.59 Å². The van der Waals surface area contributed by atoms with Crippen LogP contribution in [0.3, 0.4) is 0 Å². The lowest BCUT2D eigenvalue weighted by Crippen LogP contribution is -2.53.